The van der Waals surface area contributed by atoms with Gasteiger partial charge in [0.1, 0.15) is 11.4 Å². The number of halogens is 2. The van der Waals surface area contributed by atoms with Crippen molar-refractivity contribution < 1.29 is 13.9 Å². The van der Waals surface area contributed by atoms with Crippen LogP contribution in [0.15, 0.2) is 22.7 Å². The molecule has 0 saturated heterocycles. The highest BCUT2D eigenvalue weighted by Gasteiger charge is 2.31. The van der Waals surface area contributed by atoms with Crippen LogP contribution in [0.5, 0.6) is 0 Å². The molecule has 2 N–H and O–H groups in total. The molecule has 0 aromatic heterocycles. The fraction of sp³-hybridized carbons (Fsp3) is 0.562. The van der Waals surface area contributed by atoms with Gasteiger partial charge in [-0.2, -0.15) is 0 Å². The minimum absolute atomic E-state index is 0.125. The summed E-state index contributed by atoms with van der Waals surface area (Å²) in [6.07, 6.45) is 1.28. The molecule has 0 heterocycles. The summed E-state index contributed by atoms with van der Waals surface area (Å²) >= 11 is 3.34. The first kappa shape index (κ1) is 17.2. The Morgan fingerprint density at radius 2 is 2.05 bits per heavy atom. The predicted octanol–water partition coefficient (Wildman–Crippen LogP) is 3.73. The molecular formula is C16H22BrFN2O2. The first-order chi connectivity index (χ1) is 10.2. The molecule has 1 aliphatic carbocycles. The van der Waals surface area contributed by atoms with Crippen molar-refractivity contribution >= 4 is 22.0 Å². The smallest absolute Gasteiger partial charge is 0.407 e. The zero-order valence-corrected chi connectivity index (χ0v) is 14.7. The van der Waals surface area contributed by atoms with Crippen LogP contribution in [-0.4, -0.2) is 23.8 Å². The second kappa shape index (κ2) is 6.96. The minimum Gasteiger partial charge on any atom is -0.444 e. The van der Waals surface area contributed by atoms with E-state index in [0.717, 1.165) is 17.3 Å². The summed E-state index contributed by atoms with van der Waals surface area (Å²) in [6.45, 7) is 5.99. The third-order valence-corrected chi connectivity index (χ3v) is 3.94. The van der Waals surface area contributed by atoms with Gasteiger partial charge in [-0.1, -0.05) is 15.9 Å². The van der Waals surface area contributed by atoms with Gasteiger partial charge in [-0.25, -0.2) is 9.18 Å². The predicted molar refractivity (Wildman–Crippen MR) is 87.1 cm³/mol. The standard InChI is InChI=1S/C16H22BrFN2O2/c1-16(2,3)22-15(21)20-13-7-12(8-13)19-9-10-6-11(17)4-5-14(10)18/h4-6,12-13,19H,7-9H2,1-3H3,(H,20,21). The summed E-state index contributed by atoms with van der Waals surface area (Å²) in [6, 6.07) is 5.33. The quantitative estimate of drug-likeness (QED) is 0.846. The molecule has 4 nitrogen and oxygen atoms in total. The van der Waals surface area contributed by atoms with Gasteiger partial charge < -0.3 is 15.4 Å². The molecule has 6 heteroatoms. The number of benzene rings is 1. The van der Waals surface area contributed by atoms with Crippen molar-refractivity contribution in [1.29, 1.82) is 0 Å². The summed E-state index contributed by atoms with van der Waals surface area (Å²) < 4.78 is 19.7. The Labute approximate surface area is 138 Å². The Morgan fingerprint density at radius 3 is 2.68 bits per heavy atom. The van der Waals surface area contributed by atoms with Crippen LogP contribution in [-0.2, 0) is 11.3 Å². The number of rotatable bonds is 4. The molecular weight excluding hydrogens is 351 g/mol. The maximum absolute atomic E-state index is 13.6. The van der Waals surface area contributed by atoms with Gasteiger partial charge in [-0.15, -0.1) is 0 Å². The minimum atomic E-state index is -0.482. The van der Waals surface area contributed by atoms with Crippen LogP contribution >= 0.6 is 15.9 Å². The van der Waals surface area contributed by atoms with Gasteiger partial charge >= 0.3 is 6.09 Å². The van der Waals surface area contributed by atoms with Crippen LogP contribution in [0, 0.1) is 5.82 Å². The molecule has 0 spiro atoms. The van der Waals surface area contributed by atoms with Crippen molar-refractivity contribution in [2.24, 2.45) is 0 Å². The maximum atomic E-state index is 13.6. The van der Waals surface area contributed by atoms with Gasteiger partial charge in [-0.05, 0) is 51.8 Å². The van der Waals surface area contributed by atoms with E-state index in [9.17, 15) is 9.18 Å². The lowest BCUT2D eigenvalue weighted by molar-refractivity contribution is 0.0465. The Hall–Kier alpha value is -1.14. The number of carbonyl (C=O) groups is 1. The Bertz CT molecular complexity index is 539. The average molecular weight is 373 g/mol. The molecule has 22 heavy (non-hydrogen) atoms. The summed E-state index contributed by atoms with van der Waals surface area (Å²) in [4.78, 5) is 11.6. The third-order valence-electron chi connectivity index (χ3n) is 3.45. The SMILES string of the molecule is CC(C)(C)OC(=O)NC1CC(NCc2cc(Br)ccc2F)C1. The summed E-state index contributed by atoms with van der Waals surface area (Å²) in [5.41, 5.74) is 0.155. The molecule has 0 bridgehead atoms. The Morgan fingerprint density at radius 1 is 1.36 bits per heavy atom. The van der Waals surface area contributed by atoms with Crippen molar-refractivity contribution in [3.63, 3.8) is 0 Å². The number of ether oxygens (including phenoxy) is 1. The molecule has 0 unspecified atom stereocenters. The lowest BCUT2D eigenvalue weighted by Crippen LogP contribution is -2.53. The fourth-order valence-corrected chi connectivity index (χ4v) is 2.72. The highest BCUT2D eigenvalue weighted by atomic mass is 79.9. The van der Waals surface area contributed by atoms with Crippen LogP contribution in [0.2, 0.25) is 0 Å². The second-order valence-electron chi connectivity index (χ2n) is 6.63. The largest absolute Gasteiger partial charge is 0.444 e. The number of carbonyl (C=O) groups excluding carboxylic acids is 1. The van der Waals surface area contributed by atoms with Crippen LogP contribution < -0.4 is 10.6 Å². The van der Waals surface area contributed by atoms with Gasteiger partial charge in [0.25, 0.3) is 0 Å². The van der Waals surface area contributed by atoms with Crippen molar-refractivity contribution in [2.75, 3.05) is 0 Å². The second-order valence-corrected chi connectivity index (χ2v) is 7.54. The molecule has 1 amide bonds. The summed E-state index contributed by atoms with van der Waals surface area (Å²) in [7, 11) is 0. The first-order valence-corrected chi connectivity index (χ1v) is 8.19. The topological polar surface area (TPSA) is 50.4 Å². The van der Waals surface area contributed by atoms with E-state index in [1.165, 1.54) is 6.07 Å². The highest BCUT2D eigenvalue weighted by molar-refractivity contribution is 9.10. The number of hydrogen-bond acceptors (Lipinski definition) is 3. The summed E-state index contributed by atoms with van der Waals surface area (Å²) in [5, 5.41) is 6.14. The summed E-state index contributed by atoms with van der Waals surface area (Å²) in [5.74, 6) is -0.210. The fourth-order valence-electron chi connectivity index (χ4n) is 2.31. The molecule has 1 aromatic carbocycles. The van der Waals surface area contributed by atoms with Crippen LogP contribution in [0.1, 0.15) is 39.2 Å². The Kier molecular flexibility index (Phi) is 5.45. The maximum Gasteiger partial charge on any atom is 0.407 e. The van der Waals surface area contributed by atoms with Crippen LogP contribution in [0.4, 0.5) is 9.18 Å². The van der Waals surface area contributed by atoms with Gasteiger partial charge in [0, 0.05) is 28.7 Å². The first-order valence-electron chi connectivity index (χ1n) is 7.40. The molecule has 0 aliphatic heterocycles. The molecule has 1 aliphatic rings. The molecule has 0 radical (unpaired) electrons. The van der Waals surface area contributed by atoms with E-state index in [0.29, 0.717) is 18.2 Å². The van der Waals surface area contributed by atoms with E-state index < -0.39 is 5.60 Å². The van der Waals surface area contributed by atoms with Crippen molar-refractivity contribution in [1.82, 2.24) is 10.6 Å². The van der Waals surface area contributed by atoms with E-state index in [2.05, 4.69) is 26.6 Å². The van der Waals surface area contributed by atoms with Crippen molar-refractivity contribution in [3.05, 3.63) is 34.1 Å². The average Bonchev–Trinajstić information content (AvgIpc) is 2.33. The van der Waals surface area contributed by atoms with Crippen molar-refractivity contribution in [3.8, 4) is 0 Å². The van der Waals surface area contributed by atoms with Gasteiger partial charge in [0.05, 0.1) is 0 Å². The highest BCUT2D eigenvalue weighted by Crippen LogP contribution is 2.22. The zero-order chi connectivity index (χ0) is 16.3. The van der Waals surface area contributed by atoms with E-state index in [1.807, 2.05) is 20.8 Å². The molecule has 2 rings (SSSR count). The van der Waals surface area contributed by atoms with E-state index in [1.54, 1.807) is 12.1 Å². The normalized spacial score (nSPS) is 21.1. The van der Waals surface area contributed by atoms with Crippen molar-refractivity contribution in [2.45, 2.75) is 57.8 Å². The van der Waals surface area contributed by atoms with Crippen LogP contribution in [0.25, 0.3) is 0 Å². The Balaban J connectivity index is 1.69. The van der Waals surface area contributed by atoms with E-state index in [-0.39, 0.29) is 18.0 Å². The van der Waals surface area contributed by atoms with Gasteiger partial charge in [0.2, 0.25) is 0 Å². The van der Waals surface area contributed by atoms with Gasteiger partial charge in [-0.3, -0.25) is 0 Å². The lowest BCUT2D eigenvalue weighted by Gasteiger charge is -2.36. The molecule has 1 fully saturated rings. The van der Waals surface area contributed by atoms with Crippen LogP contribution in [0.3, 0.4) is 0 Å². The van der Waals surface area contributed by atoms with E-state index in [4.69, 9.17) is 4.74 Å². The van der Waals surface area contributed by atoms with Gasteiger partial charge in [0.15, 0.2) is 0 Å². The molecule has 0 atom stereocenters. The number of alkyl carbamates (subject to hydrolysis) is 1. The third kappa shape index (κ3) is 5.25. The lowest BCUT2D eigenvalue weighted by atomic mass is 9.86. The number of hydrogen-bond donors (Lipinski definition) is 2. The number of amides is 1. The number of nitrogens with one attached hydrogen (secondary N) is 2. The molecule has 1 aromatic rings. The van der Waals surface area contributed by atoms with E-state index >= 15 is 0 Å². The zero-order valence-electron chi connectivity index (χ0n) is 13.1. The molecule has 1 saturated carbocycles. The molecule has 122 valence electrons. The monoisotopic (exact) mass is 372 g/mol.